The van der Waals surface area contributed by atoms with Crippen LogP contribution in [0.25, 0.3) is 16.8 Å². The van der Waals surface area contributed by atoms with E-state index in [1.807, 2.05) is 36.4 Å². The molecule has 3 aromatic carbocycles. The van der Waals surface area contributed by atoms with Crippen molar-refractivity contribution in [1.29, 1.82) is 5.41 Å². The van der Waals surface area contributed by atoms with E-state index < -0.39 is 0 Å². The second-order valence-electron chi connectivity index (χ2n) is 6.01. The lowest BCUT2D eigenvalue weighted by molar-refractivity contribution is -0.115. The van der Waals surface area contributed by atoms with Gasteiger partial charge in [-0.2, -0.15) is 0 Å². The summed E-state index contributed by atoms with van der Waals surface area (Å²) >= 11 is 1.07. The third kappa shape index (κ3) is 3.71. The molecule has 0 saturated carbocycles. The SMILES string of the molecule is N=C1NC(=O)C(=Cc2cc3ccccc3cc2OCc2ccccc2F)S1. The molecule has 6 heteroatoms. The molecule has 1 amide bonds. The van der Waals surface area contributed by atoms with Crippen LogP contribution in [-0.2, 0) is 11.4 Å². The van der Waals surface area contributed by atoms with Crippen LogP contribution in [0.2, 0.25) is 0 Å². The average Bonchev–Trinajstić information content (AvgIpc) is 2.98. The molecule has 0 radical (unpaired) electrons. The van der Waals surface area contributed by atoms with Crippen LogP contribution in [0, 0.1) is 11.2 Å². The first kappa shape index (κ1) is 17.3. The number of amidine groups is 1. The lowest BCUT2D eigenvalue weighted by atomic mass is 10.1. The normalized spacial score (nSPS) is 15.4. The fourth-order valence-corrected chi connectivity index (χ4v) is 3.52. The highest BCUT2D eigenvalue weighted by Crippen LogP contribution is 2.32. The molecule has 3 aromatic rings. The van der Waals surface area contributed by atoms with Crippen LogP contribution in [0.5, 0.6) is 5.75 Å². The predicted octanol–water partition coefficient (Wildman–Crippen LogP) is 4.70. The molecule has 0 bridgehead atoms. The van der Waals surface area contributed by atoms with Gasteiger partial charge in [-0.25, -0.2) is 4.39 Å². The van der Waals surface area contributed by atoms with Gasteiger partial charge in [0.1, 0.15) is 18.2 Å². The van der Waals surface area contributed by atoms with Gasteiger partial charge in [0.2, 0.25) is 0 Å². The lowest BCUT2D eigenvalue weighted by Gasteiger charge is -2.12. The van der Waals surface area contributed by atoms with Crippen molar-refractivity contribution in [3.63, 3.8) is 0 Å². The fourth-order valence-electron chi connectivity index (χ4n) is 2.83. The van der Waals surface area contributed by atoms with Crippen LogP contribution < -0.4 is 10.1 Å². The Morgan fingerprint density at radius 1 is 1.07 bits per heavy atom. The second-order valence-corrected chi connectivity index (χ2v) is 7.06. The van der Waals surface area contributed by atoms with E-state index in [-0.39, 0.29) is 23.5 Å². The number of hydrogen-bond acceptors (Lipinski definition) is 4. The van der Waals surface area contributed by atoms with Crippen molar-refractivity contribution < 1.29 is 13.9 Å². The minimum absolute atomic E-state index is 0.0797. The molecule has 4 nitrogen and oxygen atoms in total. The Labute approximate surface area is 159 Å². The highest BCUT2D eigenvalue weighted by atomic mass is 32.2. The number of ether oxygens (including phenoxy) is 1. The van der Waals surface area contributed by atoms with Gasteiger partial charge in [-0.15, -0.1) is 0 Å². The minimum Gasteiger partial charge on any atom is -0.488 e. The molecule has 1 aliphatic rings. The van der Waals surface area contributed by atoms with Crippen molar-refractivity contribution in [3.8, 4) is 5.75 Å². The van der Waals surface area contributed by atoms with Crippen molar-refractivity contribution in [2.24, 2.45) is 0 Å². The first-order valence-electron chi connectivity index (χ1n) is 8.28. The first-order chi connectivity index (χ1) is 13.1. The Morgan fingerprint density at radius 2 is 1.78 bits per heavy atom. The number of benzene rings is 3. The Balaban J connectivity index is 1.73. The van der Waals surface area contributed by atoms with Gasteiger partial charge in [-0.3, -0.25) is 10.2 Å². The van der Waals surface area contributed by atoms with Crippen LogP contribution in [0.1, 0.15) is 11.1 Å². The largest absolute Gasteiger partial charge is 0.488 e. The molecule has 2 N–H and O–H groups in total. The van der Waals surface area contributed by atoms with Crippen molar-refractivity contribution >= 4 is 39.7 Å². The molecule has 27 heavy (non-hydrogen) atoms. The maximum Gasteiger partial charge on any atom is 0.264 e. The van der Waals surface area contributed by atoms with E-state index >= 15 is 0 Å². The summed E-state index contributed by atoms with van der Waals surface area (Å²) in [6.07, 6.45) is 1.70. The summed E-state index contributed by atoms with van der Waals surface area (Å²) in [6.45, 7) is 0.0797. The minimum atomic E-state index is -0.322. The molecule has 134 valence electrons. The number of nitrogens with one attached hydrogen (secondary N) is 2. The van der Waals surface area contributed by atoms with Gasteiger partial charge in [-0.1, -0.05) is 42.5 Å². The number of hydrogen-bond donors (Lipinski definition) is 2. The van der Waals surface area contributed by atoms with Crippen molar-refractivity contribution in [2.45, 2.75) is 6.61 Å². The monoisotopic (exact) mass is 378 g/mol. The van der Waals surface area contributed by atoms with Gasteiger partial charge in [0.25, 0.3) is 5.91 Å². The van der Waals surface area contributed by atoms with Crippen molar-refractivity contribution in [2.75, 3.05) is 0 Å². The van der Waals surface area contributed by atoms with E-state index in [1.54, 1.807) is 24.3 Å². The third-order valence-corrected chi connectivity index (χ3v) is 5.00. The van der Waals surface area contributed by atoms with Crippen LogP contribution in [0.3, 0.4) is 0 Å². The van der Waals surface area contributed by atoms with Crippen LogP contribution in [-0.4, -0.2) is 11.1 Å². The number of rotatable bonds is 4. The molecule has 0 unspecified atom stereocenters. The summed E-state index contributed by atoms with van der Waals surface area (Å²) in [5.41, 5.74) is 1.16. The number of thioether (sulfide) groups is 1. The number of carbonyl (C=O) groups excluding carboxylic acids is 1. The molecule has 0 aliphatic carbocycles. The maximum atomic E-state index is 13.9. The summed E-state index contributed by atoms with van der Waals surface area (Å²) in [5.74, 6) is -0.0770. The van der Waals surface area contributed by atoms with Gasteiger partial charge in [0, 0.05) is 11.1 Å². The fraction of sp³-hybridized carbons (Fsp3) is 0.0476. The Bertz CT molecular complexity index is 1090. The van der Waals surface area contributed by atoms with E-state index in [0.717, 1.165) is 22.5 Å². The van der Waals surface area contributed by atoms with Crippen molar-refractivity contribution in [3.05, 3.63) is 82.5 Å². The van der Waals surface area contributed by atoms with Crippen LogP contribution >= 0.6 is 11.8 Å². The van der Waals surface area contributed by atoms with E-state index in [4.69, 9.17) is 10.1 Å². The molecule has 0 aromatic heterocycles. The molecule has 1 saturated heterocycles. The molecular formula is C21H15FN2O2S. The Hall–Kier alpha value is -3.12. The molecule has 4 rings (SSSR count). The van der Waals surface area contributed by atoms with Crippen molar-refractivity contribution in [1.82, 2.24) is 5.32 Å². The summed E-state index contributed by atoms with van der Waals surface area (Å²) in [5, 5.41) is 12.1. The average molecular weight is 378 g/mol. The maximum absolute atomic E-state index is 13.9. The van der Waals surface area contributed by atoms with E-state index in [9.17, 15) is 9.18 Å². The number of carbonyl (C=O) groups is 1. The third-order valence-electron chi connectivity index (χ3n) is 4.17. The van der Waals surface area contributed by atoms with Gasteiger partial charge in [-0.05, 0) is 46.8 Å². The zero-order valence-corrected chi connectivity index (χ0v) is 15.0. The van der Waals surface area contributed by atoms with E-state index in [0.29, 0.717) is 21.8 Å². The first-order valence-corrected chi connectivity index (χ1v) is 9.10. The summed E-state index contributed by atoms with van der Waals surface area (Å²) in [7, 11) is 0. The Kier molecular flexibility index (Phi) is 4.64. The molecule has 1 heterocycles. The predicted molar refractivity (Wildman–Crippen MR) is 106 cm³/mol. The molecule has 1 aliphatic heterocycles. The lowest BCUT2D eigenvalue weighted by Crippen LogP contribution is -2.18. The highest BCUT2D eigenvalue weighted by molar-refractivity contribution is 8.18. The summed E-state index contributed by atoms with van der Waals surface area (Å²) < 4.78 is 19.8. The second kappa shape index (κ2) is 7.25. The van der Waals surface area contributed by atoms with E-state index in [2.05, 4.69) is 5.32 Å². The van der Waals surface area contributed by atoms with Crippen LogP contribution in [0.15, 0.2) is 65.6 Å². The summed E-state index contributed by atoms with van der Waals surface area (Å²) in [6, 6.07) is 18.1. The van der Waals surface area contributed by atoms with Gasteiger partial charge >= 0.3 is 0 Å². The Morgan fingerprint density at radius 3 is 2.48 bits per heavy atom. The van der Waals surface area contributed by atoms with Crippen LogP contribution in [0.4, 0.5) is 4.39 Å². The number of halogens is 1. The van der Waals surface area contributed by atoms with Gasteiger partial charge in [0.05, 0.1) is 4.91 Å². The quantitative estimate of drug-likeness (QED) is 0.647. The van der Waals surface area contributed by atoms with Gasteiger partial charge in [0.15, 0.2) is 5.17 Å². The molecular weight excluding hydrogens is 363 g/mol. The number of amides is 1. The zero-order chi connectivity index (χ0) is 18.8. The smallest absolute Gasteiger partial charge is 0.264 e. The highest BCUT2D eigenvalue weighted by Gasteiger charge is 2.23. The van der Waals surface area contributed by atoms with E-state index in [1.165, 1.54) is 6.07 Å². The number of fused-ring (bicyclic) bond motifs is 1. The molecule has 0 atom stereocenters. The topological polar surface area (TPSA) is 62.2 Å². The molecule has 1 fully saturated rings. The standard InChI is InChI=1S/C21H15FN2O2S/c22-17-8-4-3-7-15(17)12-26-18-10-14-6-2-1-5-13(14)9-16(18)11-19-20(25)24-21(23)27-19/h1-11H,12H2,(H2,23,24,25). The van der Waals surface area contributed by atoms with Gasteiger partial charge < -0.3 is 10.1 Å². The molecule has 0 spiro atoms. The summed E-state index contributed by atoms with van der Waals surface area (Å²) in [4.78, 5) is 12.4. The zero-order valence-electron chi connectivity index (χ0n) is 14.2.